The van der Waals surface area contributed by atoms with Crippen LogP contribution in [0.1, 0.15) is 41.7 Å². The summed E-state index contributed by atoms with van der Waals surface area (Å²) in [6.45, 7) is 1.12. The minimum absolute atomic E-state index is 0.268. The third kappa shape index (κ3) is 2.77. The van der Waals surface area contributed by atoms with Crippen LogP contribution in [0.2, 0.25) is 0 Å². The molecule has 4 rings (SSSR count). The standard InChI is InChI=1S/C18H22N2S/c1-2-6-17-14(4-1)5-3-9-18(17,12-20-15-7-8-15)10-16-11-19-13-21-16/h1-2,4,6,11,13,15,20H,3,5,7-10,12H2. The van der Waals surface area contributed by atoms with Crippen LogP contribution in [0.3, 0.4) is 0 Å². The van der Waals surface area contributed by atoms with E-state index >= 15 is 0 Å². The second kappa shape index (κ2) is 5.54. The molecule has 0 spiro atoms. The Labute approximate surface area is 130 Å². The van der Waals surface area contributed by atoms with Crippen LogP contribution >= 0.6 is 11.3 Å². The van der Waals surface area contributed by atoms with Crippen molar-refractivity contribution in [2.24, 2.45) is 0 Å². The number of fused-ring (bicyclic) bond motifs is 1. The van der Waals surface area contributed by atoms with Crippen molar-refractivity contribution in [1.82, 2.24) is 10.3 Å². The van der Waals surface area contributed by atoms with Crippen molar-refractivity contribution < 1.29 is 0 Å². The lowest BCUT2D eigenvalue weighted by atomic mass is 9.67. The van der Waals surface area contributed by atoms with Crippen molar-refractivity contribution in [1.29, 1.82) is 0 Å². The van der Waals surface area contributed by atoms with Crippen LogP contribution in [0.25, 0.3) is 0 Å². The molecule has 1 N–H and O–H groups in total. The first kappa shape index (κ1) is 13.5. The topological polar surface area (TPSA) is 24.9 Å². The quantitative estimate of drug-likeness (QED) is 0.910. The Balaban J connectivity index is 1.68. The highest BCUT2D eigenvalue weighted by atomic mass is 32.1. The molecule has 0 bridgehead atoms. The van der Waals surface area contributed by atoms with Gasteiger partial charge in [-0.3, -0.25) is 4.98 Å². The van der Waals surface area contributed by atoms with Crippen molar-refractivity contribution in [2.75, 3.05) is 6.54 Å². The molecule has 1 fully saturated rings. The normalized spacial score (nSPS) is 24.8. The van der Waals surface area contributed by atoms with Crippen LogP contribution in [0.4, 0.5) is 0 Å². The Morgan fingerprint density at radius 1 is 1.29 bits per heavy atom. The number of hydrogen-bond donors (Lipinski definition) is 1. The van der Waals surface area contributed by atoms with Gasteiger partial charge < -0.3 is 5.32 Å². The second-order valence-corrected chi connectivity index (χ2v) is 7.56. The Morgan fingerprint density at radius 3 is 3.00 bits per heavy atom. The van der Waals surface area contributed by atoms with E-state index in [0.29, 0.717) is 0 Å². The number of aryl methyl sites for hydroxylation is 1. The van der Waals surface area contributed by atoms with Crippen LogP contribution in [0.5, 0.6) is 0 Å². The van der Waals surface area contributed by atoms with Gasteiger partial charge in [0.05, 0.1) is 5.51 Å². The maximum Gasteiger partial charge on any atom is 0.0794 e. The number of hydrogen-bond acceptors (Lipinski definition) is 3. The van der Waals surface area contributed by atoms with E-state index < -0.39 is 0 Å². The molecule has 2 aliphatic carbocycles. The van der Waals surface area contributed by atoms with E-state index in [-0.39, 0.29) is 5.41 Å². The number of rotatable bonds is 5. The van der Waals surface area contributed by atoms with E-state index in [2.05, 4.69) is 40.8 Å². The molecule has 1 aromatic heterocycles. The summed E-state index contributed by atoms with van der Waals surface area (Å²) >= 11 is 1.80. The van der Waals surface area contributed by atoms with Crippen LogP contribution in [-0.2, 0) is 18.3 Å². The zero-order valence-corrected chi connectivity index (χ0v) is 13.2. The second-order valence-electron chi connectivity index (χ2n) is 6.59. The van der Waals surface area contributed by atoms with Crippen molar-refractivity contribution in [2.45, 2.75) is 50.0 Å². The Morgan fingerprint density at radius 2 is 2.19 bits per heavy atom. The smallest absolute Gasteiger partial charge is 0.0794 e. The molecule has 1 unspecified atom stereocenters. The van der Waals surface area contributed by atoms with E-state index in [4.69, 9.17) is 0 Å². The SMILES string of the molecule is c1ccc2c(c1)CCCC2(CNC1CC1)Cc1cncs1. The van der Waals surface area contributed by atoms with Crippen molar-refractivity contribution in [3.63, 3.8) is 0 Å². The van der Waals surface area contributed by atoms with E-state index in [1.54, 1.807) is 22.5 Å². The van der Waals surface area contributed by atoms with Gasteiger partial charge in [-0.15, -0.1) is 11.3 Å². The molecule has 0 saturated heterocycles. The summed E-state index contributed by atoms with van der Waals surface area (Å²) in [5, 5.41) is 3.80. The van der Waals surface area contributed by atoms with Gasteiger partial charge >= 0.3 is 0 Å². The molecule has 2 aromatic rings. The molecule has 2 aliphatic rings. The van der Waals surface area contributed by atoms with Gasteiger partial charge in [0.2, 0.25) is 0 Å². The number of thiazole rings is 1. The lowest BCUT2D eigenvalue weighted by Crippen LogP contribution is -2.43. The minimum Gasteiger partial charge on any atom is -0.313 e. The highest BCUT2D eigenvalue weighted by Crippen LogP contribution is 2.40. The summed E-state index contributed by atoms with van der Waals surface area (Å²) in [5.41, 5.74) is 5.37. The zero-order chi connectivity index (χ0) is 14.1. The summed E-state index contributed by atoms with van der Waals surface area (Å²) in [4.78, 5) is 5.70. The van der Waals surface area contributed by atoms with Crippen LogP contribution in [0, 0.1) is 0 Å². The van der Waals surface area contributed by atoms with Gasteiger partial charge in [0, 0.05) is 29.1 Å². The molecule has 0 amide bonds. The molecule has 110 valence electrons. The molecule has 21 heavy (non-hydrogen) atoms. The summed E-state index contributed by atoms with van der Waals surface area (Å²) in [5.74, 6) is 0. The number of nitrogens with one attached hydrogen (secondary N) is 1. The number of aromatic nitrogens is 1. The largest absolute Gasteiger partial charge is 0.313 e. The average Bonchev–Trinajstić information content (AvgIpc) is 3.22. The fourth-order valence-corrected chi connectivity index (χ4v) is 4.47. The predicted octanol–water partition coefficient (Wildman–Crippen LogP) is 3.71. The molecule has 3 heteroatoms. The van der Waals surface area contributed by atoms with Gasteiger partial charge in [-0.2, -0.15) is 0 Å². The molecule has 1 atom stereocenters. The van der Waals surface area contributed by atoms with E-state index in [1.165, 1.54) is 37.0 Å². The fraction of sp³-hybridized carbons (Fsp3) is 0.500. The molecule has 1 aromatic carbocycles. The summed E-state index contributed by atoms with van der Waals surface area (Å²) < 4.78 is 0. The Hall–Kier alpha value is -1.19. The summed E-state index contributed by atoms with van der Waals surface area (Å²) in [7, 11) is 0. The van der Waals surface area contributed by atoms with Crippen molar-refractivity contribution in [3.05, 3.63) is 52.0 Å². The first-order chi connectivity index (χ1) is 10.4. The van der Waals surface area contributed by atoms with Gasteiger partial charge in [0.15, 0.2) is 0 Å². The molecule has 1 saturated carbocycles. The predicted molar refractivity (Wildman–Crippen MR) is 87.9 cm³/mol. The average molecular weight is 298 g/mol. The van der Waals surface area contributed by atoms with Crippen LogP contribution in [-0.4, -0.2) is 17.6 Å². The van der Waals surface area contributed by atoms with Crippen molar-refractivity contribution >= 4 is 11.3 Å². The first-order valence-electron chi connectivity index (χ1n) is 8.05. The first-order valence-corrected chi connectivity index (χ1v) is 8.93. The molecular formula is C18H22N2S. The van der Waals surface area contributed by atoms with E-state index in [1.807, 2.05) is 5.51 Å². The minimum atomic E-state index is 0.268. The lowest BCUT2D eigenvalue weighted by Gasteiger charge is -2.39. The summed E-state index contributed by atoms with van der Waals surface area (Å²) in [6.07, 6.45) is 9.75. The van der Waals surface area contributed by atoms with Crippen LogP contribution in [0.15, 0.2) is 36.0 Å². The fourth-order valence-electron chi connectivity index (χ4n) is 3.73. The van der Waals surface area contributed by atoms with Gasteiger partial charge in [-0.25, -0.2) is 0 Å². The number of nitrogens with zero attached hydrogens (tertiary/aromatic N) is 1. The maximum absolute atomic E-state index is 4.28. The highest BCUT2D eigenvalue weighted by Gasteiger charge is 2.38. The highest BCUT2D eigenvalue weighted by molar-refractivity contribution is 7.09. The Kier molecular flexibility index (Phi) is 3.56. The third-order valence-corrected chi connectivity index (χ3v) is 5.77. The zero-order valence-electron chi connectivity index (χ0n) is 12.3. The van der Waals surface area contributed by atoms with Gasteiger partial charge in [0.1, 0.15) is 0 Å². The lowest BCUT2D eigenvalue weighted by molar-refractivity contribution is 0.336. The third-order valence-electron chi connectivity index (χ3n) is 4.99. The van der Waals surface area contributed by atoms with E-state index in [0.717, 1.165) is 19.0 Å². The number of benzene rings is 1. The van der Waals surface area contributed by atoms with Gasteiger partial charge in [-0.05, 0) is 49.7 Å². The summed E-state index contributed by atoms with van der Waals surface area (Å²) in [6, 6.07) is 9.87. The molecule has 0 aliphatic heterocycles. The monoisotopic (exact) mass is 298 g/mol. The molecule has 1 heterocycles. The maximum atomic E-state index is 4.28. The van der Waals surface area contributed by atoms with Gasteiger partial charge in [0.25, 0.3) is 0 Å². The molecular weight excluding hydrogens is 276 g/mol. The van der Waals surface area contributed by atoms with Crippen molar-refractivity contribution in [3.8, 4) is 0 Å². The Bertz CT molecular complexity index is 603. The molecule has 2 nitrogen and oxygen atoms in total. The van der Waals surface area contributed by atoms with Crippen LogP contribution < -0.4 is 5.32 Å². The van der Waals surface area contributed by atoms with Gasteiger partial charge in [-0.1, -0.05) is 24.3 Å². The van der Waals surface area contributed by atoms with E-state index in [9.17, 15) is 0 Å². The molecule has 0 radical (unpaired) electrons.